The maximum Gasteiger partial charge on any atom is 0.315 e. The van der Waals surface area contributed by atoms with Crippen molar-refractivity contribution >= 4 is 23.5 Å². The Balaban J connectivity index is 2.16. The highest BCUT2D eigenvalue weighted by atomic mass is 35.5. The predicted molar refractivity (Wildman–Crippen MR) is 98.7 cm³/mol. The van der Waals surface area contributed by atoms with Crippen LogP contribution < -0.4 is 11.1 Å². The minimum absolute atomic E-state index is 0.00156. The number of nitrogens with one attached hydrogen (secondary N) is 1. The number of benzene rings is 1. The molecule has 1 heterocycles. The third-order valence-electron chi connectivity index (χ3n) is 6.15. The van der Waals surface area contributed by atoms with E-state index in [-0.39, 0.29) is 31.5 Å². The number of hydrogen-bond acceptors (Lipinski definition) is 2. The smallest absolute Gasteiger partial charge is 0.315 e. The molecule has 3 N–H and O–H groups in total. The van der Waals surface area contributed by atoms with E-state index in [0.717, 1.165) is 17.0 Å². The number of carbonyl (C=O) groups excluding carboxylic acids is 2. The highest BCUT2D eigenvalue weighted by Crippen LogP contribution is 2.49. The van der Waals surface area contributed by atoms with Gasteiger partial charge in [-0.3, -0.25) is 4.79 Å². The zero-order valence-electron chi connectivity index (χ0n) is 15.8. The van der Waals surface area contributed by atoms with Gasteiger partial charge in [0.2, 0.25) is 11.8 Å². The third kappa shape index (κ3) is 3.76. The molecule has 0 bridgehead atoms. The maximum atomic E-state index is 15.0. The molecule has 10 heteroatoms. The average molecular weight is 436 g/mol. The Bertz CT molecular complexity index is 828. The van der Waals surface area contributed by atoms with Gasteiger partial charge in [-0.2, -0.15) is 0 Å². The standard InChI is InChI=1S/C19H22ClF4N3O2/c1-18(16(28)26-8-9-27(18)17(25)29)13(10-4-6-19(23,24)7-5-10)11-2-3-12(21)14(20)15(11)22/h2-3,10,13H,4-9H2,1H3,(H2,25,29)(H,26,28)/t13-,18?/m1/s1. The second-order valence-corrected chi connectivity index (χ2v) is 8.21. The Morgan fingerprint density at radius 2 is 1.93 bits per heavy atom. The summed E-state index contributed by atoms with van der Waals surface area (Å²) in [6.45, 7) is 1.66. The summed E-state index contributed by atoms with van der Waals surface area (Å²) in [5.74, 6) is -7.08. The van der Waals surface area contributed by atoms with E-state index in [0.29, 0.717) is 0 Å². The lowest BCUT2D eigenvalue weighted by molar-refractivity contribution is -0.137. The van der Waals surface area contributed by atoms with Crippen LogP contribution in [0.15, 0.2) is 12.1 Å². The first kappa shape index (κ1) is 21.7. The normalized spacial score (nSPS) is 26.1. The number of amides is 3. The van der Waals surface area contributed by atoms with Crippen molar-refractivity contribution in [2.75, 3.05) is 13.1 Å². The van der Waals surface area contributed by atoms with Gasteiger partial charge in [0.25, 0.3) is 0 Å². The highest BCUT2D eigenvalue weighted by Gasteiger charge is 2.55. The van der Waals surface area contributed by atoms with E-state index >= 15 is 4.39 Å². The lowest BCUT2D eigenvalue weighted by Gasteiger charge is -2.50. The van der Waals surface area contributed by atoms with Gasteiger partial charge >= 0.3 is 6.03 Å². The molecule has 2 fully saturated rings. The van der Waals surface area contributed by atoms with Crippen LogP contribution in [0.3, 0.4) is 0 Å². The van der Waals surface area contributed by atoms with Crippen LogP contribution in [-0.2, 0) is 4.79 Å². The topological polar surface area (TPSA) is 75.4 Å². The lowest BCUT2D eigenvalue weighted by atomic mass is 9.65. The number of urea groups is 1. The Kier molecular flexibility index (Phi) is 5.73. The van der Waals surface area contributed by atoms with Gasteiger partial charge in [-0.05, 0) is 37.3 Å². The Hall–Kier alpha value is -2.03. The Labute approximate surface area is 170 Å². The summed E-state index contributed by atoms with van der Waals surface area (Å²) in [5.41, 5.74) is 3.74. The number of hydrogen-bond donors (Lipinski definition) is 2. The number of rotatable bonds is 3. The fraction of sp³-hybridized carbons (Fsp3) is 0.579. The minimum Gasteiger partial charge on any atom is -0.352 e. The van der Waals surface area contributed by atoms with Crippen LogP contribution >= 0.6 is 11.6 Å². The molecule has 160 valence electrons. The number of nitrogens with two attached hydrogens (primary N) is 1. The summed E-state index contributed by atoms with van der Waals surface area (Å²) in [4.78, 5) is 26.2. The summed E-state index contributed by atoms with van der Waals surface area (Å²) in [5, 5.41) is 1.89. The van der Waals surface area contributed by atoms with Crippen molar-refractivity contribution in [3.05, 3.63) is 34.4 Å². The molecule has 1 aromatic carbocycles. The Morgan fingerprint density at radius 1 is 1.31 bits per heavy atom. The SMILES string of the molecule is CC1([C@@H](c2ccc(F)c(Cl)c2F)C2CCC(F)(F)CC2)C(=O)NCCN1C(N)=O. The van der Waals surface area contributed by atoms with Gasteiger partial charge in [-0.15, -0.1) is 0 Å². The lowest BCUT2D eigenvalue weighted by Crippen LogP contribution is -2.69. The third-order valence-corrected chi connectivity index (χ3v) is 6.49. The fourth-order valence-electron chi connectivity index (χ4n) is 4.66. The van der Waals surface area contributed by atoms with Crippen LogP contribution in [-0.4, -0.2) is 41.4 Å². The van der Waals surface area contributed by atoms with E-state index < -0.39 is 64.7 Å². The molecule has 0 radical (unpaired) electrons. The molecule has 5 nitrogen and oxygen atoms in total. The summed E-state index contributed by atoms with van der Waals surface area (Å²) in [6, 6.07) is 1.23. The molecule has 2 atom stereocenters. The van der Waals surface area contributed by atoms with Crippen LogP contribution in [0.4, 0.5) is 22.4 Å². The average Bonchev–Trinajstić information content (AvgIpc) is 2.65. The molecule has 1 aliphatic carbocycles. The van der Waals surface area contributed by atoms with E-state index in [1.165, 1.54) is 6.92 Å². The van der Waals surface area contributed by atoms with Crippen molar-refractivity contribution in [3.8, 4) is 0 Å². The first-order valence-corrected chi connectivity index (χ1v) is 9.73. The van der Waals surface area contributed by atoms with Crippen molar-refractivity contribution in [1.82, 2.24) is 10.2 Å². The van der Waals surface area contributed by atoms with E-state index in [2.05, 4.69) is 5.32 Å². The molecule has 1 saturated heterocycles. The maximum absolute atomic E-state index is 15.0. The number of halogens is 5. The summed E-state index contributed by atoms with van der Waals surface area (Å²) in [6.07, 6.45) is -0.860. The molecular formula is C19H22ClF4N3O2. The number of nitrogens with zero attached hydrogens (tertiary/aromatic N) is 1. The van der Waals surface area contributed by atoms with Gasteiger partial charge in [0.05, 0.1) is 0 Å². The van der Waals surface area contributed by atoms with Crippen molar-refractivity contribution in [2.45, 2.75) is 50.0 Å². The number of alkyl halides is 2. The first-order valence-electron chi connectivity index (χ1n) is 9.35. The second kappa shape index (κ2) is 7.66. The minimum atomic E-state index is -2.85. The van der Waals surface area contributed by atoms with Crippen LogP contribution in [0, 0.1) is 17.6 Å². The van der Waals surface area contributed by atoms with Gasteiger partial charge in [0.15, 0.2) is 0 Å². The second-order valence-electron chi connectivity index (χ2n) is 7.83. The molecule has 3 rings (SSSR count). The molecule has 1 unspecified atom stereocenters. The molecule has 0 spiro atoms. The zero-order chi connectivity index (χ0) is 21.6. The van der Waals surface area contributed by atoms with Gasteiger partial charge in [-0.25, -0.2) is 22.4 Å². The number of piperazine rings is 1. The molecule has 29 heavy (non-hydrogen) atoms. The van der Waals surface area contributed by atoms with Crippen molar-refractivity contribution in [2.24, 2.45) is 11.7 Å². The zero-order valence-corrected chi connectivity index (χ0v) is 16.5. The van der Waals surface area contributed by atoms with Crippen LogP contribution in [0.1, 0.15) is 44.1 Å². The number of primary amides is 1. The molecule has 1 saturated carbocycles. The van der Waals surface area contributed by atoms with Gasteiger partial charge < -0.3 is 16.0 Å². The quantitative estimate of drug-likeness (QED) is 0.559. The molecule has 2 aliphatic rings. The van der Waals surface area contributed by atoms with Gasteiger partial charge in [0.1, 0.15) is 22.2 Å². The molecular weight excluding hydrogens is 414 g/mol. The van der Waals surface area contributed by atoms with E-state index in [1.54, 1.807) is 0 Å². The Morgan fingerprint density at radius 3 is 2.52 bits per heavy atom. The van der Waals surface area contributed by atoms with E-state index in [4.69, 9.17) is 17.3 Å². The largest absolute Gasteiger partial charge is 0.352 e. The van der Waals surface area contributed by atoms with Crippen molar-refractivity contribution in [3.63, 3.8) is 0 Å². The van der Waals surface area contributed by atoms with E-state index in [1.807, 2.05) is 0 Å². The van der Waals surface area contributed by atoms with Gasteiger partial charge in [0, 0.05) is 31.8 Å². The van der Waals surface area contributed by atoms with Crippen molar-refractivity contribution in [1.29, 1.82) is 0 Å². The van der Waals surface area contributed by atoms with Gasteiger partial charge in [-0.1, -0.05) is 17.7 Å². The van der Waals surface area contributed by atoms with Crippen LogP contribution in [0.5, 0.6) is 0 Å². The first-order chi connectivity index (χ1) is 13.5. The van der Waals surface area contributed by atoms with Crippen LogP contribution in [0.2, 0.25) is 5.02 Å². The summed E-state index contributed by atoms with van der Waals surface area (Å²) >= 11 is 5.75. The monoisotopic (exact) mass is 435 g/mol. The molecule has 0 aromatic heterocycles. The summed E-state index contributed by atoms with van der Waals surface area (Å²) < 4.78 is 56.3. The van der Waals surface area contributed by atoms with Crippen molar-refractivity contribution < 1.29 is 27.2 Å². The molecule has 1 aliphatic heterocycles. The number of carbonyl (C=O) groups is 2. The molecule has 1 aromatic rings. The fourth-order valence-corrected chi connectivity index (χ4v) is 4.83. The highest BCUT2D eigenvalue weighted by molar-refractivity contribution is 6.31. The van der Waals surface area contributed by atoms with Crippen LogP contribution in [0.25, 0.3) is 0 Å². The molecule has 3 amide bonds. The summed E-state index contributed by atoms with van der Waals surface area (Å²) in [7, 11) is 0. The van der Waals surface area contributed by atoms with E-state index in [9.17, 15) is 22.8 Å². The predicted octanol–water partition coefficient (Wildman–Crippen LogP) is 3.80.